The fraction of sp³-hybridized carbons (Fsp3) is 0.933. The van der Waals surface area contributed by atoms with Crippen molar-refractivity contribution in [3.63, 3.8) is 0 Å². The summed E-state index contributed by atoms with van der Waals surface area (Å²) >= 11 is 1.79. The standard InChI is InChI=1S/C15H31N3OS/c1-13(2)17(5)15(19)14(3)20-12-6-7-18-10-8-16(4)9-11-18/h13-14H,6-12H2,1-5H3/t14-/m0/s1. The van der Waals surface area contributed by atoms with Gasteiger partial charge in [0, 0.05) is 39.3 Å². The van der Waals surface area contributed by atoms with E-state index in [-0.39, 0.29) is 17.2 Å². The molecule has 1 aliphatic heterocycles. The van der Waals surface area contributed by atoms with Gasteiger partial charge < -0.3 is 14.7 Å². The molecule has 1 amide bonds. The molecule has 4 nitrogen and oxygen atoms in total. The SMILES string of the molecule is CC(C)N(C)C(=O)[C@H](C)SCCCN1CCN(C)CC1. The average molecular weight is 302 g/mol. The summed E-state index contributed by atoms with van der Waals surface area (Å²) in [6.45, 7) is 12.1. The molecule has 0 aromatic carbocycles. The van der Waals surface area contributed by atoms with Crippen molar-refractivity contribution < 1.29 is 4.79 Å². The van der Waals surface area contributed by atoms with Crippen molar-refractivity contribution in [3.05, 3.63) is 0 Å². The molecular weight excluding hydrogens is 270 g/mol. The molecule has 0 aliphatic carbocycles. The summed E-state index contributed by atoms with van der Waals surface area (Å²) in [5, 5.41) is 0.0786. The Bertz CT molecular complexity index is 291. The fourth-order valence-electron chi connectivity index (χ4n) is 2.23. The number of amides is 1. The quantitative estimate of drug-likeness (QED) is 0.668. The van der Waals surface area contributed by atoms with Crippen LogP contribution in [0.5, 0.6) is 0 Å². The second-order valence-electron chi connectivity index (χ2n) is 6.05. The van der Waals surface area contributed by atoms with Crippen LogP contribution in [0.15, 0.2) is 0 Å². The summed E-state index contributed by atoms with van der Waals surface area (Å²) in [7, 11) is 4.08. The Morgan fingerprint density at radius 1 is 1.20 bits per heavy atom. The predicted molar refractivity (Wildman–Crippen MR) is 88.4 cm³/mol. The van der Waals surface area contributed by atoms with Crippen molar-refractivity contribution in [1.29, 1.82) is 0 Å². The van der Waals surface area contributed by atoms with E-state index in [2.05, 4.69) is 30.7 Å². The Kier molecular flexibility index (Phi) is 7.92. The number of thioether (sulfide) groups is 1. The number of hydrogen-bond donors (Lipinski definition) is 0. The van der Waals surface area contributed by atoms with Crippen molar-refractivity contribution in [2.75, 3.05) is 52.6 Å². The Morgan fingerprint density at radius 2 is 1.80 bits per heavy atom. The van der Waals surface area contributed by atoms with E-state index < -0.39 is 0 Å². The zero-order valence-corrected chi connectivity index (χ0v) is 14.6. The van der Waals surface area contributed by atoms with Crippen LogP contribution in [0.25, 0.3) is 0 Å². The number of nitrogens with zero attached hydrogens (tertiary/aromatic N) is 3. The van der Waals surface area contributed by atoms with Gasteiger partial charge in [-0.05, 0) is 46.5 Å². The molecule has 0 radical (unpaired) electrons. The number of rotatable bonds is 7. The molecule has 1 atom stereocenters. The summed E-state index contributed by atoms with van der Waals surface area (Å²) < 4.78 is 0. The smallest absolute Gasteiger partial charge is 0.235 e. The van der Waals surface area contributed by atoms with E-state index in [4.69, 9.17) is 0 Å². The van der Waals surface area contributed by atoms with Crippen LogP contribution in [-0.4, -0.2) is 84.5 Å². The highest BCUT2D eigenvalue weighted by Gasteiger charge is 2.19. The van der Waals surface area contributed by atoms with Crippen LogP contribution in [-0.2, 0) is 4.79 Å². The van der Waals surface area contributed by atoms with E-state index >= 15 is 0 Å². The van der Waals surface area contributed by atoms with E-state index in [0.29, 0.717) is 0 Å². The summed E-state index contributed by atoms with van der Waals surface area (Å²) in [6.07, 6.45) is 1.18. The van der Waals surface area contributed by atoms with E-state index in [1.165, 1.54) is 39.1 Å². The molecule has 0 aromatic heterocycles. The van der Waals surface area contributed by atoms with Crippen molar-refractivity contribution in [1.82, 2.24) is 14.7 Å². The van der Waals surface area contributed by atoms with Crippen LogP contribution in [0.3, 0.4) is 0 Å². The minimum atomic E-state index is 0.0786. The number of likely N-dealkylation sites (N-methyl/N-ethyl adjacent to an activating group) is 1. The highest BCUT2D eigenvalue weighted by Crippen LogP contribution is 2.15. The zero-order chi connectivity index (χ0) is 15.1. The minimum Gasteiger partial charge on any atom is -0.342 e. The molecule has 0 saturated carbocycles. The molecule has 1 rings (SSSR count). The van der Waals surface area contributed by atoms with Gasteiger partial charge in [0.25, 0.3) is 0 Å². The molecule has 20 heavy (non-hydrogen) atoms. The molecule has 0 aromatic rings. The lowest BCUT2D eigenvalue weighted by Gasteiger charge is -2.32. The number of carbonyl (C=O) groups is 1. The first-order valence-corrected chi connectivity index (χ1v) is 8.76. The number of piperazine rings is 1. The van der Waals surface area contributed by atoms with Crippen LogP contribution in [0.4, 0.5) is 0 Å². The third-order valence-corrected chi connectivity index (χ3v) is 5.28. The molecule has 1 saturated heterocycles. The minimum absolute atomic E-state index is 0.0786. The molecule has 1 heterocycles. The molecule has 0 N–H and O–H groups in total. The second kappa shape index (κ2) is 8.90. The van der Waals surface area contributed by atoms with Crippen LogP contribution >= 0.6 is 11.8 Å². The van der Waals surface area contributed by atoms with Gasteiger partial charge in [-0.25, -0.2) is 0 Å². The van der Waals surface area contributed by atoms with E-state index in [9.17, 15) is 4.79 Å². The van der Waals surface area contributed by atoms with Crippen molar-refractivity contribution >= 4 is 17.7 Å². The maximum absolute atomic E-state index is 12.1. The van der Waals surface area contributed by atoms with Gasteiger partial charge in [0.2, 0.25) is 5.91 Å². The summed E-state index contributed by atoms with van der Waals surface area (Å²) in [4.78, 5) is 18.9. The maximum atomic E-state index is 12.1. The molecule has 0 bridgehead atoms. The monoisotopic (exact) mass is 301 g/mol. The van der Waals surface area contributed by atoms with Gasteiger partial charge in [-0.1, -0.05) is 0 Å². The van der Waals surface area contributed by atoms with Crippen molar-refractivity contribution in [2.24, 2.45) is 0 Å². The third kappa shape index (κ3) is 6.02. The van der Waals surface area contributed by atoms with Gasteiger partial charge in [-0.15, -0.1) is 11.8 Å². The molecule has 0 spiro atoms. The summed E-state index contributed by atoms with van der Waals surface area (Å²) in [5.74, 6) is 1.33. The average Bonchev–Trinajstić information content (AvgIpc) is 2.43. The molecule has 1 aliphatic rings. The summed E-state index contributed by atoms with van der Waals surface area (Å²) in [5.41, 5.74) is 0. The van der Waals surface area contributed by atoms with Gasteiger partial charge in [0.15, 0.2) is 0 Å². The second-order valence-corrected chi connectivity index (χ2v) is 7.50. The predicted octanol–water partition coefficient (Wildman–Crippen LogP) is 1.61. The van der Waals surface area contributed by atoms with E-state index in [0.717, 1.165) is 5.75 Å². The fourth-order valence-corrected chi connectivity index (χ4v) is 3.19. The Hall–Kier alpha value is -0.260. The van der Waals surface area contributed by atoms with E-state index in [1.54, 1.807) is 11.8 Å². The van der Waals surface area contributed by atoms with Gasteiger partial charge >= 0.3 is 0 Å². The first-order valence-electron chi connectivity index (χ1n) is 7.71. The lowest BCUT2D eigenvalue weighted by atomic mass is 10.3. The van der Waals surface area contributed by atoms with Crippen molar-refractivity contribution in [2.45, 2.75) is 38.5 Å². The molecular formula is C15H31N3OS. The topological polar surface area (TPSA) is 26.8 Å². The highest BCUT2D eigenvalue weighted by molar-refractivity contribution is 8.00. The van der Waals surface area contributed by atoms with Crippen LogP contribution in [0, 0.1) is 0 Å². The first-order chi connectivity index (χ1) is 9.41. The first kappa shape index (κ1) is 17.8. The Labute approximate surface area is 128 Å². The molecule has 118 valence electrons. The van der Waals surface area contributed by atoms with Gasteiger partial charge in [-0.3, -0.25) is 4.79 Å². The summed E-state index contributed by atoms with van der Waals surface area (Å²) in [6, 6.07) is 0.288. The molecule has 0 unspecified atom stereocenters. The zero-order valence-electron chi connectivity index (χ0n) is 13.8. The number of carbonyl (C=O) groups excluding carboxylic acids is 1. The van der Waals surface area contributed by atoms with Crippen LogP contribution in [0.1, 0.15) is 27.2 Å². The highest BCUT2D eigenvalue weighted by atomic mass is 32.2. The third-order valence-electron chi connectivity index (χ3n) is 4.05. The Balaban J connectivity index is 2.13. The van der Waals surface area contributed by atoms with E-state index in [1.807, 2.05) is 18.9 Å². The number of hydrogen-bond acceptors (Lipinski definition) is 4. The molecule has 1 fully saturated rings. The lowest BCUT2D eigenvalue weighted by molar-refractivity contribution is -0.130. The Morgan fingerprint density at radius 3 is 2.35 bits per heavy atom. The van der Waals surface area contributed by atoms with Crippen molar-refractivity contribution in [3.8, 4) is 0 Å². The largest absolute Gasteiger partial charge is 0.342 e. The lowest BCUT2D eigenvalue weighted by Crippen LogP contribution is -2.44. The van der Waals surface area contributed by atoms with Crippen LogP contribution < -0.4 is 0 Å². The normalized spacial score (nSPS) is 19.3. The van der Waals surface area contributed by atoms with Gasteiger partial charge in [0.05, 0.1) is 5.25 Å². The van der Waals surface area contributed by atoms with Gasteiger partial charge in [0.1, 0.15) is 0 Å². The molecule has 5 heteroatoms. The van der Waals surface area contributed by atoms with Crippen LogP contribution in [0.2, 0.25) is 0 Å². The maximum Gasteiger partial charge on any atom is 0.235 e. The van der Waals surface area contributed by atoms with Gasteiger partial charge in [-0.2, -0.15) is 0 Å².